The molecule has 3 N–H and O–H groups in total. The SMILES string of the molecule is CCC(CC)(CC(=O)O)NC(=O)c1c[nH]c2cccc(Br)c12. The maximum Gasteiger partial charge on any atom is 0.305 e. The van der Waals surface area contributed by atoms with Crippen LogP contribution in [0.15, 0.2) is 28.9 Å². The predicted molar refractivity (Wildman–Crippen MR) is 89.0 cm³/mol. The molecular formula is C16H19BrN2O3. The van der Waals surface area contributed by atoms with Gasteiger partial charge in [-0.2, -0.15) is 0 Å². The lowest BCUT2D eigenvalue weighted by Crippen LogP contribution is -2.49. The van der Waals surface area contributed by atoms with Crippen LogP contribution in [0, 0.1) is 0 Å². The number of benzene rings is 1. The van der Waals surface area contributed by atoms with E-state index in [2.05, 4.69) is 26.2 Å². The number of fused-ring (bicyclic) bond motifs is 1. The van der Waals surface area contributed by atoms with Crippen LogP contribution in [0.4, 0.5) is 0 Å². The van der Waals surface area contributed by atoms with Crippen molar-refractivity contribution in [1.82, 2.24) is 10.3 Å². The third-order valence-corrected chi connectivity index (χ3v) is 4.78. The molecule has 0 atom stereocenters. The van der Waals surface area contributed by atoms with Crippen LogP contribution >= 0.6 is 15.9 Å². The largest absolute Gasteiger partial charge is 0.481 e. The summed E-state index contributed by atoms with van der Waals surface area (Å²) in [7, 11) is 0. The lowest BCUT2D eigenvalue weighted by atomic mass is 9.88. The number of amides is 1. The van der Waals surface area contributed by atoms with Gasteiger partial charge in [-0.3, -0.25) is 9.59 Å². The second-order valence-corrected chi connectivity index (χ2v) is 6.23. The summed E-state index contributed by atoms with van der Waals surface area (Å²) in [5.41, 5.74) is 0.642. The molecule has 1 aromatic heterocycles. The number of H-pyrrole nitrogens is 1. The number of carboxylic acids is 1. The van der Waals surface area contributed by atoms with Crippen molar-refractivity contribution < 1.29 is 14.7 Å². The highest BCUT2D eigenvalue weighted by molar-refractivity contribution is 9.10. The van der Waals surface area contributed by atoms with Crippen LogP contribution in [0.1, 0.15) is 43.5 Å². The first-order chi connectivity index (χ1) is 10.4. The molecule has 0 radical (unpaired) electrons. The number of hydrogen-bond acceptors (Lipinski definition) is 2. The van der Waals surface area contributed by atoms with Gasteiger partial charge in [0.1, 0.15) is 0 Å². The molecule has 6 heteroatoms. The zero-order chi connectivity index (χ0) is 16.3. The van der Waals surface area contributed by atoms with E-state index in [1.165, 1.54) is 0 Å². The number of carbonyl (C=O) groups excluding carboxylic acids is 1. The summed E-state index contributed by atoms with van der Waals surface area (Å²) < 4.78 is 0.827. The van der Waals surface area contributed by atoms with Gasteiger partial charge in [0, 0.05) is 21.6 Å². The van der Waals surface area contributed by atoms with Crippen LogP contribution in [0.5, 0.6) is 0 Å². The van der Waals surface area contributed by atoms with Crippen LogP contribution < -0.4 is 5.32 Å². The lowest BCUT2D eigenvalue weighted by molar-refractivity contribution is -0.138. The molecule has 1 aromatic carbocycles. The summed E-state index contributed by atoms with van der Waals surface area (Å²) in [5.74, 6) is -1.17. The molecule has 0 aliphatic heterocycles. The number of aromatic nitrogens is 1. The fourth-order valence-electron chi connectivity index (χ4n) is 2.64. The number of halogens is 1. The molecule has 1 amide bonds. The van der Waals surface area contributed by atoms with Crippen molar-refractivity contribution in [2.75, 3.05) is 0 Å². The van der Waals surface area contributed by atoms with E-state index in [4.69, 9.17) is 5.11 Å². The first-order valence-electron chi connectivity index (χ1n) is 7.22. The standard InChI is InChI=1S/C16H19BrN2O3/c1-3-16(4-2,8-13(20)21)19-15(22)10-9-18-12-7-5-6-11(17)14(10)12/h5-7,9,18H,3-4,8H2,1-2H3,(H,19,22)(H,20,21). The molecule has 0 aliphatic rings. The molecule has 2 aromatic rings. The van der Waals surface area contributed by atoms with Crippen molar-refractivity contribution in [2.45, 2.75) is 38.6 Å². The van der Waals surface area contributed by atoms with Gasteiger partial charge >= 0.3 is 5.97 Å². The minimum atomic E-state index is -0.913. The van der Waals surface area contributed by atoms with E-state index in [1.807, 2.05) is 32.0 Å². The molecule has 0 fully saturated rings. The Morgan fingerprint density at radius 3 is 2.59 bits per heavy atom. The molecule has 118 valence electrons. The molecule has 0 spiro atoms. The molecular weight excluding hydrogens is 348 g/mol. The van der Waals surface area contributed by atoms with Gasteiger partial charge in [-0.15, -0.1) is 0 Å². The van der Waals surface area contributed by atoms with Gasteiger partial charge in [0.25, 0.3) is 5.91 Å². The van der Waals surface area contributed by atoms with Gasteiger partial charge < -0.3 is 15.4 Å². The quantitative estimate of drug-likeness (QED) is 0.728. The molecule has 5 nitrogen and oxygen atoms in total. The fraction of sp³-hybridized carbons (Fsp3) is 0.375. The Bertz CT molecular complexity index is 704. The topological polar surface area (TPSA) is 82.2 Å². The molecule has 2 rings (SSSR count). The van der Waals surface area contributed by atoms with Crippen molar-refractivity contribution >= 4 is 38.7 Å². The third-order valence-electron chi connectivity index (χ3n) is 4.12. The third kappa shape index (κ3) is 3.16. The van der Waals surface area contributed by atoms with Crippen LogP contribution in [0.2, 0.25) is 0 Å². The van der Waals surface area contributed by atoms with Crippen LogP contribution in [0.25, 0.3) is 10.9 Å². The van der Waals surface area contributed by atoms with E-state index in [0.29, 0.717) is 18.4 Å². The zero-order valence-corrected chi connectivity index (χ0v) is 14.2. The van der Waals surface area contributed by atoms with E-state index in [-0.39, 0.29) is 12.3 Å². The number of nitrogens with one attached hydrogen (secondary N) is 2. The summed E-state index contributed by atoms with van der Waals surface area (Å²) in [6.07, 6.45) is 2.69. The molecule has 1 heterocycles. The summed E-state index contributed by atoms with van der Waals surface area (Å²) in [4.78, 5) is 26.8. The monoisotopic (exact) mass is 366 g/mol. The van der Waals surface area contributed by atoms with Gasteiger partial charge in [-0.05, 0) is 25.0 Å². The summed E-state index contributed by atoms with van der Waals surface area (Å²) in [6.45, 7) is 3.77. The zero-order valence-electron chi connectivity index (χ0n) is 12.6. The first-order valence-corrected chi connectivity index (χ1v) is 8.01. The van der Waals surface area contributed by atoms with Crippen molar-refractivity contribution in [2.24, 2.45) is 0 Å². The van der Waals surface area contributed by atoms with Crippen molar-refractivity contribution in [3.8, 4) is 0 Å². The Balaban J connectivity index is 2.35. The second-order valence-electron chi connectivity index (χ2n) is 5.38. The smallest absolute Gasteiger partial charge is 0.305 e. The molecule has 0 saturated heterocycles. The number of aromatic amines is 1. The van der Waals surface area contributed by atoms with E-state index < -0.39 is 11.5 Å². The average Bonchev–Trinajstić information content (AvgIpc) is 2.91. The molecule has 22 heavy (non-hydrogen) atoms. The average molecular weight is 367 g/mol. The van der Waals surface area contributed by atoms with E-state index in [9.17, 15) is 9.59 Å². The number of carboxylic acid groups (broad SMARTS) is 1. The van der Waals surface area contributed by atoms with Crippen molar-refractivity contribution in [3.05, 3.63) is 34.4 Å². The Labute approximate surface area is 137 Å². The van der Waals surface area contributed by atoms with Gasteiger partial charge in [0.15, 0.2) is 0 Å². The molecule has 0 unspecified atom stereocenters. The Morgan fingerprint density at radius 2 is 2.00 bits per heavy atom. The van der Waals surface area contributed by atoms with Crippen molar-refractivity contribution in [3.63, 3.8) is 0 Å². The summed E-state index contributed by atoms with van der Waals surface area (Å²) in [6, 6.07) is 5.65. The maximum atomic E-state index is 12.6. The van der Waals surface area contributed by atoms with Gasteiger partial charge in [-0.25, -0.2) is 0 Å². The number of rotatable bonds is 6. The fourth-order valence-corrected chi connectivity index (χ4v) is 3.22. The van der Waals surface area contributed by atoms with E-state index in [0.717, 1.165) is 15.4 Å². The molecule has 0 aliphatic carbocycles. The maximum absolute atomic E-state index is 12.6. The number of carbonyl (C=O) groups is 2. The number of hydrogen-bond donors (Lipinski definition) is 3. The van der Waals surface area contributed by atoms with Crippen LogP contribution in [-0.2, 0) is 4.79 Å². The van der Waals surface area contributed by atoms with Crippen molar-refractivity contribution in [1.29, 1.82) is 0 Å². The number of aliphatic carboxylic acids is 1. The highest BCUT2D eigenvalue weighted by Crippen LogP contribution is 2.28. The first kappa shape index (κ1) is 16.5. The van der Waals surface area contributed by atoms with E-state index >= 15 is 0 Å². The summed E-state index contributed by atoms with van der Waals surface area (Å²) in [5, 5.41) is 12.8. The van der Waals surface area contributed by atoms with Gasteiger partial charge in [-0.1, -0.05) is 35.8 Å². The Morgan fingerprint density at radius 1 is 1.32 bits per heavy atom. The van der Waals surface area contributed by atoms with Crippen LogP contribution in [-0.4, -0.2) is 27.5 Å². The highest BCUT2D eigenvalue weighted by atomic mass is 79.9. The minimum absolute atomic E-state index is 0.0880. The lowest BCUT2D eigenvalue weighted by Gasteiger charge is -2.31. The van der Waals surface area contributed by atoms with Crippen LogP contribution in [0.3, 0.4) is 0 Å². The summed E-state index contributed by atoms with van der Waals surface area (Å²) >= 11 is 3.46. The second kappa shape index (κ2) is 6.52. The molecule has 0 saturated carbocycles. The Hall–Kier alpha value is -1.82. The Kier molecular flexibility index (Phi) is 4.90. The van der Waals surface area contributed by atoms with E-state index in [1.54, 1.807) is 6.20 Å². The highest BCUT2D eigenvalue weighted by Gasteiger charge is 2.32. The minimum Gasteiger partial charge on any atom is -0.481 e. The van der Waals surface area contributed by atoms with Gasteiger partial charge in [0.05, 0.1) is 17.5 Å². The predicted octanol–water partition coefficient (Wildman–Crippen LogP) is 3.69. The molecule has 0 bridgehead atoms. The van der Waals surface area contributed by atoms with Gasteiger partial charge in [0.2, 0.25) is 0 Å². The normalized spacial score (nSPS) is 11.6.